The van der Waals surface area contributed by atoms with Crippen molar-refractivity contribution in [3.63, 3.8) is 0 Å². The van der Waals surface area contributed by atoms with Gasteiger partial charge in [0.05, 0.1) is 0 Å². The number of halogens is 1. The Labute approximate surface area is 129 Å². The van der Waals surface area contributed by atoms with Crippen LogP contribution in [0.5, 0.6) is 0 Å². The summed E-state index contributed by atoms with van der Waals surface area (Å²) in [4.78, 5) is 0. The van der Waals surface area contributed by atoms with Crippen LogP contribution in [0.15, 0.2) is 28.7 Å². The molecule has 0 saturated carbocycles. The van der Waals surface area contributed by atoms with E-state index < -0.39 is 10.2 Å². The van der Waals surface area contributed by atoms with Crippen LogP contribution in [0, 0.1) is 5.92 Å². The molecule has 6 heteroatoms. The lowest BCUT2D eigenvalue weighted by Crippen LogP contribution is -2.46. The Hall–Kier alpha value is -0.430. The molecule has 4 nitrogen and oxygen atoms in total. The lowest BCUT2D eigenvalue weighted by Gasteiger charge is -2.31. The number of rotatable bonds is 4. The van der Waals surface area contributed by atoms with Crippen LogP contribution in [-0.4, -0.2) is 25.8 Å². The lowest BCUT2D eigenvalue weighted by atomic mass is 10.0. The van der Waals surface area contributed by atoms with E-state index in [2.05, 4.69) is 27.6 Å². The van der Waals surface area contributed by atoms with Crippen LogP contribution < -0.4 is 4.72 Å². The van der Waals surface area contributed by atoms with E-state index in [1.165, 1.54) is 0 Å². The van der Waals surface area contributed by atoms with E-state index in [9.17, 15) is 8.42 Å². The Kier molecular flexibility index (Phi) is 5.23. The number of benzene rings is 1. The van der Waals surface area contributed by atoms with E-state index >= 15 is 0 Å². The minimum atomic E-state index is -3.41. The van der Waals surface area contributed by atoms with Crippen molar-refractivity contribution in [2.24, 2.45) is 5.92 Å². The monoisotopic (exact) mass is 360 g/mol. The number of piperidine rings is 1. The second-order valence-corrected chi connectivity index (χ2v) is 8.12. The molecule has 2 atom stereocenters. The molecule has 1 aromatic rings. The molecular formula is C14H21BrN2O2S. The summed E-state index contributed by atoms with van der Waals surface area (Å²) in [5, 5.41) is 0. The first kappa shape index (κ1) is 15.9. The van der Waals surface area contributed by atoms with Gasteiger partial charge in [-0.05, 0) is 43.4 Å². The first-order chi connectivity index (χ1) is 9.38. The highest BCUT2D eigenvalue weighted by molar-refractivity contribution is 9.10. The molecule has 0 aliphatic carbocycles. The fraction of sp³-hybridized carbons (Fsp3) is 0.571. The van der Waals surface area contributed by atoms with Gasteiger partial charge in [0, 0.05) is 23.6 Å². The topological polar surface area (TPSA) is 49.4 Å². The molecule has 0 amide bonds. The van der Waals surface area contributed by atoms with Crippen LogP contribution in [0.4, 0.5) is 0 Å². The highest BCUT2D eigenvalue weighted by atomic mass is 79.9. The van der Waals surface area contributed by atoms with Gasteiger partial charge in [0.15, 0.2) is 0 Å². The fourth-order valence-electron chi connectivity index (χ4n) is 2.51. The summed E-state index contributed by atoms with van der Waals surface area (Å²) in [7, 11) is -3.41. The second kappa shape index (κ2) is 6.56. The zero-order valence-electron chi connectivity index (χ0n) is 11.8. The summed E-state index contributed by atoms with van der Waals surface area (Å²) < 4.78 is 30.1. The van der Waals surface area contributed by atoms with Gasteiger partial charge in [-0.2, -0.15) is 17.4 Å². The molecule has 1 fully saturated rings. The molecular weight excluding hydrogens is 340 g/mol. The van der Waals surface area contributed by atoms with Crippen LogP contribution in [0.25, 0.3) is 0 Å². The molecule has 2 rings (SSSR count). The van der Waals surface area contributed by atoms with E-state index in [0.717, 1.165) is 22.9 Å². The van der Waals surface area contributed by atoms with Crippen LogP contribution in [0.2, 0.25) is 0 Å². The van der Waals surface area contributed by atoms with Gasteiger partial charge in [0.1, 0.15) is 0 Å². The van der Waals surface area contributed by atoms with E-state index in [1.807, 2.05) is 31.2 Å². The van der Waals surface area contributed by atoms with Gasteiger partial charge in [0.2, 0.25) is 0 Å². The van der Waals surface area contributed by atoms with Crippen LogP contribution in [0.3, 0.4) is 0 Å². The third-order valence-corrected chi connectivity index (χ3v) is 5.79. The van der Waals surface area contributed by atoms with Crippen molar-refractivity contribution in [3.05, 3.63) is 34.3 Å². The zero-order chi connectivity index (χ0) is 14.8. The highest BCUT2D eigenvalue weighted by Gasteiger charge is 2.28. The van der Waals surface area contributed by atoms with Crippen LogP contribution in [-0.2, 0) is 10.2 Å². The maximum atomic E-state index is 12.4. The minimum absolute atomic E-state index is 0.241. The molecule has 1 N–H and O–H groups in total. The molecule has 1 aromatic carbocycles. The Bertz CT molecular complexity index is 562. The first-order valence-corrected chi connectivity index (χ1v) is 9.14. The van der Waals surface area contributed by atoms with Gasteiger partial charge in [-0.25, -0.2) is 0 Å². The summed E-state index contributed by atoms with van der Waals surface area (Å²) in [6.07, 6.45) is 2.04. The quantitative estimate of drug-likeness (QED) is 0.896. The molecule has 112 valence electrons. The van der Waals surface area contributed by atoms with Crippen LogP contribution in [0.1, 0.15) is 38.3 Å². The average molecular weight is 361 g/mol. The van der Waals surface area contributed by atoms with Crippen LogP contribution >= 0.6 is 15.9 Å². The third-order valence-electron chi connectivity index (χ3n) is 3.63. The molecule has 1 heterocycles. The molecule has 0 bridgehead atoms. The lowest BCUT2D eigenvalue weighted by molar-refractivity contribution is 0.277. The molecule has 1 saturated heterocycles. The van der Waals surface area contributed by atoms with Crippen molar-refractivity contribution >= 4 is 26.1 Å². The third kappa shape index (κ3) is 4.04. The predicted octanol–water partition coefficient (Wildman–Crippen LogP) is 3.08. The van der Waals surface area contributed by atoms with Crippen molar-refractivity contribution in [1.29, 1.82) is 0 Å². The maximum Gasteiger partial charge on any atom is 0.280 e. The highest BCUT2D eigenvalue weighted by Crippen LogP contribution is 2.21. The zero-order valence-corrected chi connectivity index (χ0v) is 14.2. The fourth-order valence-corrected chi connectivity index (χ4v) is 4.48. The van der Waals surface area contributed by atoms with Gasteiger partial charge in [-0.1, -0.05) is 35.0 Å². The molecule has 2 unspecified atom stereocenters. The van der Waals surface area contributed by atoms with Gasteiger partial charge in [0.25, 0.3) is 10.2 Å². The first-order valence-electron chi connectivity index (χ1n) is 6.91. The summed E-state index contributed by atoms with van der Waals surface area (Å²) in [6, 6.07) is 7.46. The Balaban J connectivity index is 2.07. The van der Waals surface area contributed by atoms with Gasteiger partial charge in [-0.15, -0.1) is 0 Å². The SMILES string of the molecule is CC1CCCN(S(=O)(=O)NC(C)c2cccc(Br)c2)C1. The Morgan fingerprint density at radius 1 is 1.45 bits per heavy atom. The maximum absolute atomic E-state index is 12.4. The standard InChI is InChI=1S/C14H21BrN2O2S/c1-11-5-4-8-17(10-11)20(18,19)16-12(2)13-6-3-7-14(15)9-13/h3,6-7,9,11-12,16H,4-5,8,10H2,1-2H3. The summed E-state index contributed by atoms with van der Waals surface area (Å²) in [5.74, 6) is 0.432. The number of hydrogen-bond donors (Lipinski definition) is 1. The van der Waals surface area contributed by atoms with Crippen molar-refractivity contribution in [2.75, 3.05) is 13.1 Å². The average Bonchev–Trinajstić information content (AvgIpc) is 2.38. The van der Waals surface area contributed by atoms with Crippen molar-refractivity contribution in [1.82, 2.24) is 9.03 Å². The molecule has 0 spiro atoms. The summed E-state index contributed by atoms with van der Waals surface area (Å²) in [6.45, 7) is 5.19. The molecule has 0 aromatic heterocycles. The van der Waals surface area contributed by atoms with Gasteiger partial charge in [-0.3, -0.25) is 0 Å². The van der Waals surface area contributed by atoms with Crippen molar-refractivity contribution in [3.8, 4) is 0 Å². The Morgan fingerprint density at radius 2 is 2.20 bits per heavy atom. The summed E-state index contributed by atoms with van der Waals surface area (Å²) in [5.41, 5.74) is 0.952. The smallest absolute Gasteiger partial charge is 0.195 e. The van der Waals surface area contributed by atoms with Gasteiger partial charge < -0.3 is 0 Å². The molecule has 0 radical (unpaired) electrons. The number of nitrogens with zero attached hydrogens (tertiary/aromatic N) is 1. The van der Waals surface area contributed by atoms with E-state index in [1.54, 1.807) is 4.31 Å². The number of hydrogen-bond acceptors (Lipinski definition) is 2. The number of nitrogens with one attached hydrogen (secondary N) is 1. The minimum Gasteiger partial charge on any atom is -0.195 e. The van der Waals surface area contributed by atoms with E-state index in [4.69, 9.17) is 0 Å². The van der Waals surface area contributed by atoms with Crippen molar-refractivity contribution in [2.45, 2.75) is 32.7 Å². The molecule has 1 aliphatic heterocycles. The molecule has 1 aliphatic rings. The summed E-state index contributed by atoms with van der Waals surface area (Å²) >= 11 is 3.41. The second-order valence-electron chi connectivity index (χ2n) is 5.50. The predicted molar refractivity (Wildman–Crippen MR) is 84.6 cm³/mol. The van der Waals surface area contributed by atoms with Gasteiger partial charge >= 0.3 is 0 Å². The van der Waals surface area contributed by atoms with E-state index in [0.29, 0.717) is 19.0 Å². The largest absolute Gasteiger partial charge is 0.280 e. The van der Waals surface area contributed by atoms with Crippen molar-refractivity contribution < 1.29 is 8.42 Å². The normalized spacial score (nSPS) is 22.6. The Morgan fingerprint density at radius 3 is 2.85 bits per heavy atom. The van der Waals surface area contributed by atoms with E-state index in [-0.39, 0.29) is 6.04 Å². The molecule has 20 heavy (non-hydrogen) atoms.